The van der Waals surface area contributed by atoms with Crippen LogP contribution in [0.3, 0.4) is 0 Å². The molecule has 0 amide bonds. The van der Waals surface area contributed by atoms with Crippen molar-refractivity contribution >= 4 is 98.5 Å². The molecule has 0 saturated heterocycles. The maximum Gasteiger partial charge on any atom is 0.138 e. The Morgan fingerprint density at radius 1 is 0.204 bits per heavy atom. The molecule has 716 valence electrons. The minimum atomic E-state index is -0.590. The van der Waals surface area contributed by atoms with Crippen LogP contribution in [-0.2, 0) is 25.7 Å². The Kier molecular flexibility index (Phi) is 30.8. The molecule has 4 unspecified atom stereocenters. The second-order valence-electron chi connectivity index (χ2n) is 39.1. The van der Waals surface area contributed by atoms with Gasteiger partial charge in [0.15, 0.2) is 0 Å². The number of nitrogens with zero attached hydrogens (tertiary/aromatic N) is 12. The van der Waals surface area contributed by atoms with Crippen LogP contribution in [0.15, 0.2) is 267 Å². The number of hydrogen-bond donors (Lipinski definition) is 0. The third-order valence-corrected chi connectivity index (χ3v) is 29.2. The maximum absolute atomic E-state index is 16.8. The van der Waals surface area contributed by atoms with Crippen molar-refractivity contribution in [1.29, 1.82) is 0 Å². The van der Waals surface area contributed by atoms with Crippen LogP contribution in [0.2, 0.25) is 0 Å². The van der Waals surface area contributed by atoms with Crippen molar-refractivity contribution in [2.45, 2.75) is 225 Å². The van der Waals surface area contributed by atoms with Gasteiger partial charge in [0.05, 0.1) is 134 Å². The molecule has 0 bridgehead atoms. The first-order valence-electron chi connectivity index (χ1n) is 52.1. The van der Waals surface area contributed by atoms with E-state index in [1.807, 2.05) is 194 Å². The third kappa shape index (κ3) is 20.4. The Morgan fingerprint density at radius 2 is 0.373 bits per heavy atom. The molecule has 14 aromatic carbocycles. The monoisotopic (exact) mass is 1870 g/mol. The summed E-state index contributed by atoms with van der Waals surface area (Å²) in [7, 11) is 0. The van der Waals surface area contributed by atoms with Gasteiger partial charge in [-0.1, -0.05) is 401 Å². The normalized spacial score (nSPS) is 12.5. The van der Waals surface area contributed by atoms with Gasteiger partial charge < -0.3 is 0 Å². The van der Waals surface area contributed by atoms with Gasteiger partial charge in [0.25, 0.3) is 0 Å². The number of aromatic nitrogens is 12. The highest BCUT2D eigenvalue weighted by molar-refractivity contribution is 6.19. The van der Waals surface area contributed by atoms with Crippen molar-refractivity contribution in [1.82, 2.24) is 59.8 Å². The van der Waals surface area contributed by atoms with Gasteiger partial charge in [0.2, 0.25) is 0 Å². The largest absolute Gasteiger partial charge is 0.249 e. The quantitative estimate of drug-likeness (QED) is 0.0369. The van der Waals surface area contributed by atoms with Crippen LogP contribution in [0.4, 0.5) is 8.78 Å². The minimum absolute atomic E-state index is 0.0492. The van der Waals surface area contributed by atoms with E-state index >= 15 is 8.78 Å². The van der Waals surface area contributed by atoms with Crippen LogP contribution in [0, 0.1) is 76.8 Å². The second kappa shape index (κ2) is 44.7. The van der Waals surface area contributed by atoms with E-state index < -0.39 is 11.6 Å². The number of fused-ring (bicyclic) bond motifs is 15. The van der Waals surface area contributed by atoms with Gasteiger partial charge in [-0.3, -0.25) is 0 Å². The standard InChI is InChI=1S/C48H76N4.C40H26F2N4.C40H28N4/c1-11-19-23-35(15-5)29-41-43(31-37(17-7)25-21-13-3)51-47-39-28-34(10)46-48(40(39)27-33(9)45(47)49-41)52-44(32-38(18-8)26-22-14-4)42(50-46)30-36(16-6)24-20-12-2;1-23-31(41)29-30(39-33(23)43-35(25-15-7-3-8-16-25)37(45-39)27-19-11-5-12-20-27)32(42)24(2)34-40(29)46-38(28-21-13-6-14-22-28)36(44-34)26-17-9-4-10-18-26;1-25-23-31-32(39-33(25)41-35(27-15-7-3-8-16-27)37(43-39)29-19-11-5-12-20-29)24-26(2)34-40(31)44-38(30-21-13-6-14-22-30)36(42-34)28-17-9-4-10-18-28/h27-28,35-38H,11-26,29-32H2,1-10H3;3-22H,1-2H3;3-24H,1-2H3. The first-order valence-corrected chi connectivity index (χ1v) is 52.1. The summed E-state index contributed by atoms with van der Waals surface area (Å²) < 4.78 is 33.6. The summed E-state index contributed by atoms with van der Waals surface area (Å²) in [4.78, 5) is 64.1. The van der Waals surface area contributed by atoms with Gasteiger partial charge in [-0.05, 0) is 137 Å². The van der Waals surface area contributed by atoms with Crippen molar-refractivity contribution in [2.24, 2.45) is 23.7 Å². The van der Waals surface area contributed by atoms with E-state index in [-0.39, 0.29) is 32.9 Å². The molecule has 6 heterocycles. The maximum atomic E-state index is 16.8. The molecule has 14 heteroatoms. The van der Waals surface area contributed by atoms with E-state index in [4.69, 9.17) is 59.8 Å². The molecule has 4 atom stereocenters. The topological polar surface area (TPSA) is 155 Å². The lowest BCUT2D eigenvalue weighted by Gasteiger charge is -2.22. The summed E-state index contributed by atoms with van der Waals surface area (Å²) in [6.45, 7) is 30.7. The van der Waals surface area contributed by atoms with Gasteiger partial charge in [0, 0.05) is 77.2 Å². The van der Waals surface area contributed by atoms with Gasteiger partial charge in [-0.25, -0.2) is 68.6 Å². The molecule has 0 saturated carbocycles. The first-order chi connectivity index (χ1) is 69.4. The van der Waals surface area contributed by atoms with Gasteiger partial charge >= 0.3 is 0 Å². The summed E-state index contributed by atoms with van der Waals surface area (Å²) in [6.07, 6.45) is 24.2. The van der Waals surface area contributed by atoms with E-state index in [0.29, 0.717) is 57.5 Å². The van der Waals surface area contributed by atoms with E-state index in [1.54, 1.807) is 13.8 Å². The van der Waals surface area contributed by atoms with Crippen LogP contribution < -0.4 is 0 Å². The SMILES string of the molecule is CCCCC(CC)Cc1nc2c(C)cc3c(cc(C)c4nc(CC(CC)CCCC)c(CC(CC)CCCC)nc43)c2nc1CC(CC)CCCC.Cc1c(F)c2c3nc(-c4ccccc4)c(-c4ccccc4)nc3c(C)c(F)c2c2nc(-c3ccccc3)c(-c3ccccc3)nc12.Cc1cc2c(cc(C)c3nc(-c4ccccc4)c(-c4ccccc4)nc32)c2nc(-c3ccccc3)c(-c3ccccc3)nc12. The first kappa shape index (κ1) is 98.0. The molecule has 0 aliphatic rings. The number of aryl methyl sites for hydroxylation is 6. The average Bonchev–Trinajstić information content (AvgIpc) is 0.713. The molecule has 0 radical (unpaired) electrons. The number of halogens is 2. The van der Waals surface area contributed by atoms with Gasteiger partial charge in [0.1, 0.15) is 22.7 Å². The summed E-state index contributed by atoms with van der Waals surface area (Å²) >= 11 is 0. The lowest BCUT2D eigenvalue weighted by Crippen LogP contribution is -2.14. The number of hydrogen-bond acceptors (Lipinski definition) is 12. The lowest BCUT2D eigenvalue weighted by atomic mass is 9.89. The van der Waals surface area contributed by atoms with Crippen molar-refractivity contribution < 1.29 is 8.78 Å². The van der Waals surface area contributed by atoms with Crippen molar-refractivity contribution in [3.8, 4) is 90.1 Å². The number of unbranched alkanes of at least 4 members (excludes halogenated alkanes) is 4. The van der Waals surface area contributed by atoms with Crippen LogP contribution in [0.25, 0.3) is 189 Å². The Bertz CT molecular complexity index is 7440. The molecule has 0 aliphatic heterocycles. The summed E-state index contributed by atoms with van der Waals surface area (Å²) in [5, 5.41) is 4.56. The van der Waals surface area contributed by atoms with Gasteiger partial charge in [-0.15, -0.1) is 0 Å². The van der Waals surface area contributed by atoms with E-state index in [2.05, 4.69) is 156 Å². The fraction of sp³-hybridized carbons (Fsp3) is 0.297. The molecule has 20 aromatic rings. The highest BCUT2D eigenvalue weighted by Crippen LogP contribution is 2.46. The molecular formula is C128H130F2N12. The van der Waals surface area contributed by atoms with Gasteiger partial charge in [-0.2, -0.15) is 0 Å². The van der Waals surface area contributed by atoms with Crippen LogP contribution in [0.1, 0.15) is 214 Å². The smallest absolute Gasteiger partial charge is 0.138 e. The lowest BCUT2D eigenvalue weighted by molar-refractivity contribution is 0.427. The van der Waals surface area contributed by atoms with Crippen molar-refractivity contribution in [2.75, 3.05) is 0 Å². The molecular weight excluding hydrogens is 1740 g/mol. The predicted molar refractivity (Wildman–Crippen MR) is 590 cm³/mol. The predicted octanol–water partition coefficient (Wildman–Crippen LogP) is 34.7. The Balaban J connectivity index is 0.000000141. The van der Waals surface area contributed by atoms with Crippen LogP contribution >= 0.6 is 0 Å². The summed E-state index contributed by atoms with van der Waals surface area (Å²) in [5.41, 5.74) is 32.4. The molecule has 6 aromatic heterocycles. The fourth-order valence-electron chi connectivity index (χ4n) is 20.9. The molecule has 20 rings (SSSR count). The molecule has 12 nitrogen and oxygen atoms in total. The van der Waals surface area contributed by atoms with Crippen molar-refractivity contribution in [3.05, 3.63) is 335 Å². The zero-order valence-electron chi connectivity index (χ0n) is 85.0. The molecule has 0 spiro atoms. The number of rotatable bonds is 32. The molecule has 0 fully saturated rings. The van der Waals surface area contributed by atoms with Crippen LogP contribution in [-0.4, -0.2) is 59.8 Å². The molecule has 142 heavy (non-hydrogen) atoms. The summed E-state index contributed by atoms with van der Waals surface area (Å²) in [5.74, 6) is 1.44. The highest BCUT2D eigenvalue weighted by atomic mass is 19.1. The fourth-order valence-corrected chi connectivity index (χ4v) is 20.9. The zero-order chi connectivity index (χ0) is 98.6. The Morgan fingerprint density at radius 3 is 0.570 bits per heavy atom. The number of benzene rings is 14. The average molecular weight is 1870 g/mol. The Labute approximate surface area is 835 Å². The summed E-state index contributed by atoms with van der Waals surface area (Å²) in [6, 6.07) is 89.1. The van der Waals surface area contributed by atoms with Crippen LogP contribution in [0.5, 0.6) is 0 Å². The second-order valence-corrected chi connectivity index (χ2v) is 39.1. The van der Waals surface area contributed by atoms with Crippen molar-refractivity contribution in [3.63, 3.8) is 0 Å². The van der Waals surface area contributed by atoms with E-state index in [1.165, 1.54) is 147 Å². The Hall–Kier alpha value is -14.2. The van der Waals surface area contributed by atoms with E-state index in [0.717, 1.165) is 159 Å². The molecule has 0 aliphatic carbocycles. The third-order valence-electron chi connectivity index (χ3n) is 29.2. The van der Waals surface area contributed by atoms with E-state index in [9.17, 15) is 0 Å². The highest BCUT2D eigenvalue weighted by Gasteiger charge is 2.31. The minimum Gasteiger partial charge on any atom is -0.249 e. The molecule has 0 N–H and O–H groups in total. The zero-order valence-corrected chi connectivity index (χ0v) is 85.0.